The molecule has 0 fully saturated rings. The third-order valence-electron chi connectivity index (χ3n) is 3.52. The average Bonchev–Trinajstić information content (AvgIpc) is 2.37. The molecule has 0 aliphatic heterocycles. The van der Waals surface area contributed by atoms with Crippen molar-refractivity contribution in [1.82, 2.24) is 0 Å². The van der Waals surface area contributed by atoms with E-state index in [1.54, 1.807) is 0 Å². The molecule has 0 aromatic heterocycles. The van der Waals surface area contributed by atoms with E-state index in [2.05, 4.69) is 50.6 Å². The van der Waals surface area contributed by atoms with Crippen LogP contribution in [0.25, 0.3) is 0 Å². The van der Waals surface area contributed by atoms with Crippen LogP contribution in [0, 0.1) is 0 Å². The zero-order chi connectivity index (χ0) is 13.0. The van der Waals surface area contributed by atoms with Crippen molar-refractivity contribution in [2.45, 2.75) is 46.7 Å². The molecule has 0 rings (SSSR count). The van der Waals surface area contributed by atoms with Gasteiger partial charge in [-0.2, -0.15) is 0 Å². The Morgan fingerprint density at radius 2 is 0.765 bits per heavy atom. The zero-order valence-electron chi connectivity index (χ0n) is 11.3. The Hall–Kier alpha value is -0.497. The molecule has 0 N–H and O–H groups in total. The van der Waals surface area contributed by atoms with Crippen LogP contribution in [-0.2, 0) is 0 Å². The van der Waals surface area contributed by atoms with Gasteiger partial charge >= 0.3 is 111 Å². The molecule has 0 aliphatic carbocycles. The van der Waals surface area contributed by atoms with Gasteiger partial charge in [-0.05, 0) is 0 Å². The van der Waals surface area contributed by atoms with Gasteiger partial charge in [0.25, 0.3) is 0 Å². The number of hydrogen-bond donors (Lipinski definition) is 0. The van der Waals surface area contributed by atoms with Crippen LogP contribution in [0.5, 0.6) is 0 Å². The molecule has 0 aliphatic rings. The minimum atomic E-state index is -1.72. The predicted octanol–water partition coefficient (Wildman–Crippen LogP) is 5.74. The summed E-state index contributed by atoms with van der Waals surface area (Å²) in [6.45, 7) is 15.5. The Morgan fingerprint density at radius 1 is 0.529 bits per heavy atom. The van der Waals surface area contributed by atoms with E-state index in [4.69, 9.17) is 0 Å². The summed E-state index contributed by atoms with van der Waals surface area (Å²) in [5.74, 6) is 0. The second kappa shape index (κ2) is 10.6. The van der Waals surface area contributed by atoms with Crippen molar-refractivity contribution in [3.63, 3.8) is 0 Å². The Balaban J connectivity index is 4.59. The summed E-state index contributed by atoms with van der Waals surface area (Å²) < 4.78 is 0. The van der Waals surface area contributed by atoms with Crippen molar-refractivity contribution in [1.29, 1.82) is 0 Å². The Kier molecular flexibility index (Phi) is 10.3. The van der Waals surface area contributed by atoms with Gasteiger partial charge in [0.1, 0.15) is 0 Å². The van der Waals surface area contributed by atoms with Gasteiger partial charge in [0.15, 0.2) is 0 Å². The van der Waals surface area contributed by atoms with Crippen molar-refractivity contribution in [2.75, 3.05) is 0 Å². The van der Waals surface area contributed by atoms with E-state index in [9.17, 15) is 0 Å². The van der Waals surface area contributed by atoms with E-state index in [0.717, 1.165) is 0 Å². The number of hydrogen-bond acceptors (Lipinski definition) is 0. The first-order valence-corrected chi connectivity index (χ1v) is 12.6. The van der Waals surface area contributed by atoms with Crippen LogP contribution in [0.3, 0.4) is 0 Å². The fourth-order valence-electron chi connectivity index (χ4n) is 2.38. The maximum atomic E-state index is 3.87. The second-order valence-electron chi connectivity index (χ2n) is 4.81. The average molecular weight is 293 g/mol. The summed E-state index contributed by atoms with van der Waals surface area (Å²) in [6, 6.07) is 0. The monoisotopic (exact) mass is 294 g/mol. The molecule has 0 radical (unpaired) electrons. The van der Waals surface area contributed by atoms with Crippen LogP contribution >= 0.6 is 0 Å². The molecule has 0 saturated heterocycles. The van der Waals surface area contributed by atoms with Crippen LogP contribution in [-0.4, -0.2) is 13.3 Å². The molecule has 96 valence electrons. The normalized spacial score (nSPS) is 10.8. The molecule has 0 amide bonds. The molecular formula is C16H28Ge. The van der Waals surface area contributed by atoms with Gasteiger partial charge in [-0.25, -0.2) is 0 Å². The van der Waals surface area contributed by atoms with Crippen molar-refractivity contribution >= 4 is 13.3 Å². The fraction of sp³-hybridized carbons (Fsp3) is 0.500. The molecule has 17 heavy (non-hydrogen) atoms. The number of allylic oxidation sites excluding steroid dienone is 4. The summed E-state index contributed by atoms with van der Waals surface area (Å²) in [7, 11) is 0. The van der Waals surface area contributed by atoms with Crippen molar-refractivity contribution in [3.05, 3.63) is 50.6 Å². The van der Waals surface area contributed by atoms with Crippen LogP contribution < -0.4 is 0 Å². The van der Waals surface area contributed by atoms with Gasteiger partial charge in [0, 0.05) is 0 Å². The standard InChI is InChI=1S/C16H28Ge/c1-5-9-13-17(14-10-6-2,15-11-7-3)16-12-8-4/h5-8H,1-4,9-16H2. The summed E-state index contributed by atoms with van der Waals surface area (Å²) in [5, 5.41) is 5.66. The summed E-state index contributed by atoms with van der Waals surface area (Å²) >= 11 is -1.72. The molecule has 0 atom stereocenters. The van der Waals surface area contributed by atoms with E-state index in [0.29, 0.717) is 0 Å². The molecule has 0 aromatic carbocycles. The summed E-state index contributed by atoms with van der Waals surface area (Å²) in [6.07, 6.45) is 13.1. The van der Waals surface area contributed by atoms with Gasteiger partial charge < -0.3 is 0 Å². The Morgan fingerprint density at radius 3 is 0.941 bits per heavy atom. The van der Waals surface area contributed by atoms with Gasteiger partial charge in [-0.3, -0.25) is 0 Å². The maximum absolute atomic E-state index is 3.87. The van der Waals surface area contributed by atoms with Gasteiger partial charge in [0.2, 0.25) is 0 Å². The van der Waals surface area contributed by atoms with E-state index in [1.807, 2.05) is 0 Å². The molecule has 0 aromatic rings. The predicted molar refractivity (Wildman–Crippen MR) is 84.2 cm³/mol. The fourth-order valence-corrected chi connectivity index (χ4v) is 12.4. The van der Waals surface area contributed by atoms with Crippen LogP contribution in [0.4, 0.5) is 0 Å². The first-order valence-electron chi connectivity index (χ1n) is 6.68. The molecular weight excluding hydrogens is 265 g/mol. The SMILES string of the molecule is C=CC[CH2][Ge]([CH2]CC=C)([CH2]CC=C)[CH2]CC=C. The quantitative estimate of drug-likeness (QED) is 0.318. The number of rotatable bonds is 12. The second-order valence-corrected chi connectivity index (χ2v) is 15.3. The molecule has 0 bridgehead atoms. The summed E-state index contributed by atoms with van der Waals surface area (Å²) in [4.78, 5) is 0. The van der Waals surface area contributed by atoms with Gasteiger partial charge in [-0.1, -0.05) is 0 Å². The minimum absolute atomic E-state index is 1.19. The third kappa shape index (κ3) is 7.43. The molecule has 0 unspecified atom stereocenters. The van der Waals surface area contributed by atoms with Gasteiger partial charge in [0.05, 0.1) is 0 Å². The van der Waals surface area contributed by atoms with E-state index in [1.165, 1.54) is 46.7 Å². The van der Waals surface area contributed by atoms with Crippen LogP contribution in [0.1, 0.15) is 25.7 Å². The van der Waals surface area contributed by atoms with Crippen LogP contribution in [0.2, 0.25) is 21.0 Å². The van der Waals surface area contributed by atoms with Gasteiger partial charge in [-0.15, -0.1) is 0 Å². The van der Waals surface area contributed by atoms with Crippen molar-refractivity contribution in [3.8, 4) is 0 Å². The molecule has 0 saturated carbocycles. The first kappa shape index (κ1) is 16.5. The molecule has 0 spiro atoms. The zero-order valence-corrected chi connectivity index (χ0v) is 13.4. The van der Waals surface area contributed by atoms with Crippen LogP contribution in [0.15, 0.2) is 50.6 Å². The Bertz CT molecular complexity index is 186. The molecule has 0 nitrogen and oxygen atoms in total. The molecule has 0 heterocycles. The topological polar surface area (TPSA) is 0 Å². The Labute approximate surface area is 111 Å². The van der Waals surface area contributed by atoms with E-state index >= 15 is 0 Å². The molecule has 1 heteroatoms. The van der Waals surface area contributed by atoms with Crippen molar-refractivity contribution < 1.29 is 0 Å². The van der Waals surface area contributed by atoms with E-state index < -0.39 is 13.3 Å². The first-order chi connectivity index (χ1) is 8.24. The van der Waals surface area contributed by atoms with E-state index in [-0.39, 0.29) is 0 Å². The third-order valence-corrected chi connectivity index (χ3v) is 14.8. The van der Waals surface area contributed by atoms with Crippen molar-refractivity contribution in [2.24, 2.45) is 0 Å². The summed E-state index contributed by atoms with van der Waals surface area (Å²) in [5.41, 5.74) is 0.